The fourth-order valence-corrected chi connectivity index (χ4v) is 2.88. The van der Waals surface area contributed by atoms with E-state index in [4.69, 9.17) is 14.9 Å². The molecule has 4 aromatic rings. The van der Waals surface area contributed by atoms with Crippen LogP contribution in [-0.2, 0) is 13.2 Å². The molecule has 130 valence electrons. The van der Waals surface area contributed by atoms with Crippen molar-refractivity contribution in [3.8, 4) is 5.75 Å². The van der Waals surface area contributed by atoms with Crippen LogP contribution in [0.5, 0.6) is 5.75 Å². The molecule has 0 fully saturated rings. The summed E-state index contributed by atoms with van der Waals surface area (Å²) in [6, 6.07) is 16.9. The van der Waals surface area contributed by atoms with Crippen molar-refractivity contribution in [1.29, 1.82) is 0 Å². The van der Waals surface area contributed by atoms with E-state index in [0.29, 0.717) is 18.0 Å². The van der Waals surface area contributed by atoms with Crippen LogP contribution in [0.15, 0.2) is 82.5 Å². The van der Waals surface area contributed by atoms with Gasteiger partial charge in [0.2, 0.25) is 11.2 Å². The zero-order valence-electron chi connectivity index (χ0n) is 14.1. The van der Waals surface area contributed by atoms with Gasteiger partial charge < -0.3 is 19.5 Å². The summed E-state index contributed by atoms with van der Waals surface area (Å²) in [5, 5.41) is 2.30. The predicted molar refractivity (Wildman–Crippen MR) is 101 cm³/mol. The predicted octanol–water partition coefficient (Wildman–Crippen LogP) is 3.80. The van der Waals surface area contributed by atoms with E-state index in [2.05, 4.69) is 12.1 Å². The van der Waals surface area contributed by atoms with Crippen LogP contribution in [0.2, 0.25) is 0 Å². The number of nitrogens with zero attached hydrogens (tertiary/aromatic N) is 1. The number of hydrogen-bond acceptors (Lipinski definition) is 4. The lowest BCUT2D eigenvalue weighted by molar-refractivity contribution is 0.289. The minimum atomic E-state index is -0.202. The highest BCUT2D eigenvalue weighted by molar-refractivity contribution is 5.82. The third kappa shape index (κ3) is 3.47. The second-order valence-corrected chi connectivity index (χ2v) is 6.17. The first-order valence-corrected chi connectivity index (χ1v) is 8.31. The zero-order chi connectivity index (χ0) is 17.9. The van der Waals surface area contributed by atoms with E-state index in [1.807, 2.05) is 47.3 Å². The molecule has 0 spiro atoms. The maximum absolute atomic E-state index is 12.3. The van der Waals surface area contributed by atoms with Gasteiger partial charge in [-0.15, -0.1) is 0 Å². The van der Waals surface area contributed by atoms with E-state index < -0.39 is 0 Å². The topological polar surface area (TPSA) is 70.4 Å². The summed E-state index contributed by atoms with van der Waals surface area (Å²) in [5.41, 5.74) is 7.09. The van der Waals surface area contributed by atoms with Crippen LogP contribution in [0.25, 0.3) is 10.8 Å². The first-order valence-electron chi connectivity index (χ1n) is 8.31. The van der Waals surface area contributed by atoms with Gasteiger partial charge in [-0.3, -0.25) is 4.79 Å². The van der Waals surface area contributed by atoms with E-state index in [0.717, 1.165) is 16.3 Å². The molecule has 0 aliphatic rings. The Morgan fingerprint density at radius 3 is 2.46 bits per heavy atom. The molecule has 5 nitrogen and oxygen atoms in total. The molecule has 4 rings (SSSR count). The highest BCUT2D eigenvalue weighted by atomic mass is 16.5. The average molecular weight is 346 g/mol. The first-order chi connectivity index (χ1) is 12.7. The Bertz CT molecular complexity index is 1080. The maximum atomic E-state index is 12.3. The minimum absolute atomic E-state index is 0.189. The SMILES string of the molecule is Nc1cccc(COc2coc(Cn3cc4ccccc4c3)cc2=O)c1. The second kappa shape index (κ2) is 6.80. The number of nitrogens with two attached hydrogens (primary N) is 1. The van der Waals surface area contributed by atoms with Crippen LogP contribution in [0.4, 0.5) is 5.69 Å². The molecule has 0 aliphatic carbocycles. The molecule has 2 N–H and O–H groups in total. The van der Waals surface area contributed by atoms with Crippen molar-refractivity contribution in [2.75, 3.05) is 5.73 Å². The number of rotatable bonds is 5. The lowest BCUT2D eigenvalue weighted by Crippen LogP contribution is -2.09. The third-order valence-corrected chi connectivity index (χ3v) is 4.14. The van der Waals surface area contributed by atoms with Crippen LogP contribution in [-0.4, -0.2) is 4.57 Å². The molecule has 0 aliphatic heterocycles. The number of ether oxygens (including phenoxy) is 1. The van der Waals surface area contributed by atoms with Crippen molar-refractivity contribution in [1.82, 2.24) is 4.57 Å². The van der Waals surface area contributed by atoms with Crippen LogP contribution >= 0.6 is 0 Å². The summed E-state index contributed by atoms with van der Waals surface area (Å²) in [4.78, 5) is 12.3. The van der Waals surface area contributed by atoms with E-state index in [1.54, 1.807) is 6.07 Å². The molecule has 0 bridgehead atoms. The lowest BCUT2D eigenvalue weighted by atomic mass is 10.2. The van der Waals surface area contributed by atoms with Gasteiger partial charge in [0, 0.05) is 24.1 Å². The monoisotopic (exact) mass is 346 g/mol. The van der Waals surface area contributed by atoms with Gasteiger partial charge >= 0.3 is 0 Å². The molecule has 2 aromatic heterocycles. The van der Waals surface area contributed by atoms with E-state index in [-0.39, 0.29) is 17.8 Å². The van der Waals surface area contributed by atoms with Crippen molar-refractivity contribution in [3.63, 3.8) is 0 Å². The number of nitrogen functional groups attached to an aromatic ring is 1. The van der Waals surface area contributed by atoms with Gasteiger partial charge in [0.05, 0.1) is 6.54 Å². The molecule has 2 aromatic carbocycles. The number of anilines is 1. The molecular weight excluding hydrogens is 328 g/mol. The Morgan fingerprint density at radius 2 is 1.77 bits per heavy atom. The van der Waals surface area contributed by atoms with Crippen molar-refractivity contribution in [2.24, 2.45) is 0 Å². The highest BCUT2D eigenvalue weighted by Crippen LogP contribution is 2.16. The Morgan fingerprint density at radius 1 is 1.00 bits per heavy atom. The maximum Gasteiger partial charge on any atom is 0.227 e. The van der Waals surface area contributed by atoms with Gasteiger partial charge in [-0.05, 0) is 28.5 Å². The molecule has 5 heteroatoms. The quantitative estimate of drug-likeness (QED) is 0.558. The number of hydrogen-bond donors (Lipinski definition) is 1. The molecule has 0 amide bonds. The summed E-state index contributed by atoms with van der Waals surface area (Å²) in [6.45, 7) is 0.748. The summed E-state index contributed by atoms with van der Waals surface area (Å²) >= 11 is 0. The van der Waals surface area contributed by atoms with Gasteiger partial charge in [0.1, 0.15) is 18.6 Å². The summed E-state index contributed by atoms with van der Waals surface area (Å²) in [5.74, 6) is 0.764. The van der Waals surface area contributed by atoms with E-state index >= 15 is 0 Å². The van der Waals surface area contributed by atoms with Crippen molar-refractivity contribution < 1.29 is 9.15 Å². The molecule has 0 radical (unpaired) electrons. The Labute approximate surface area is 150 Å². The van der Waals surface area contributed by atoms with Crippen LogP contribution in [0.3, 0.4) is 0 Å². The van der Waals surface area contributed by atoms with Crippen LogP contribution in [0.1, 0.15) is 11.3 Å². The summed E-state index contributed by atoms with van der Waals surface area (Å²) in [6.07, 6.45) is 5.42. The molecule has 0 unspecified atom stereocenters. The average Bonchev–Trinajstić information content (AvgIpc) is 3.03. The summed E-state index contributed by atoms with van der Waals surface area (Å²) in [7, 11) is 0. The number of aromatic nitrogens is 1. The molecular formula is C21H18N2O3. The second-order valence-electron chi connectivity index (χ2n) is 6.17. The first kappa shape index (κ1) is 16.0. The zero-order valence-corrected chi connectivity index (χ0v) is 14.1. The summed E-state index contributed by atoms with van der Waals surface area (Å²) < 4.78 is 13.1. The van der Waals surface area contributed by atoms with Gasteiger partial charge in [-0.2, -0.15) is 0 Å². The molecule has 26 heavy (non-hydrogen) atoms. The minimum Gasteiger partial charge on any atom is -0.482 e. The van der Waals surface area contributed by atoms with Crippen LogP contribution in [0, 0.1) is 0 Å². The third-order valence-electron chi connectivity index (χ3n) is 4.14. The fourth-order valence-electron chi connectivity index (χ4n) is 2.88. The Kier molecular flexibility index (Phi) is 4.19. The molecule has 0 atom stereocenters. The van der Waals surface area contributed by atoms with E-state index in [1.165, 1.54) is 12.3 Å². The lowest BCUT2D eigenvalue weighted by Gasteiger charge is -2.07. The molecule has 2 heterocycles. The van der Waals surface area contributed by atoms with Gasteiger partial charge in [0.25, 0.3) is 0 Å². The molecule has 0 saturated carbocycles. The number of benzene rings is 2. The Balaban J connectivity index is 1.47. The van der Waals surface area contributed by atoms with Gasteiger partial charge in [0.15, 0.2) is 0 Å². The smallest absolute Gasteiger partial charge is 0.227 e. The van der Waals surface area contributed by atoms with Crippen molar-refractivity contribution in [3.05, 3.63) is 94.8 Å². The Hall–Kier alpha value is -3.47. The number of fused-ring (bicyclic) bond motifs is 1. The largest absolute Gasteiger partial charge is 0.482 e. The normalized spacial score (nSPS) is 10.9. The fraction of sp³-hybridized carbons (Fsp3) is 0.0952. The van der Waals surface area contributed by atoms with Crippen molar-refractivity contribution in [2.45, 2.75) is 13.2 Å². The van der Waals surface area contributed by atoms with Gasteiger partial charge in [-0.1, -0.05) is 36.4 Å². The molecule has 0 saturated heterocycles. The van der Waals surface area contributed by atoms with Gasteiger partial charge in [-0.25, -0.2) is 0 Å². The van der Waals surface area contributed by atoms with Crippen molar-refractivity contribution >= 4 is 16.5 Å². The van der Waals surface area contributed by atoms with Crippen LogP contribution < -0.4 is 15.9 Å². The standard InChI is InChI=1S/C21H18N2O3/c22-18-7-3-4-15(8-18)13-26-21-14-25-19(9-20(21)24)12-23-10-16-5-1-2-6-17(16)11-23/h1-11,14H,12-13,22H2. The van der Waals surface area contributed by atoms with E-state index in [9.17, 15) is 4.79 Å². The highest BCUT2D eigenvalue weighted by Gasteiger charge is 2.07.